The third-order valence-corrected chi connectivity index (χ3v) is 5.82. The van der Waals surface area contributed by atoms with E-state index >= 15 is 0 Å². The van der Waals surface area contributed by atoms with Gasteiger partial charge in [0.05, 0.1) is 22.0 Å². The zero-order chi connectivity index (χ0) is 22.3. The number of nitrogens with zero attached hydrogens (tertiary/aromatic N) is 2. The van der Waals surface area contributed by atoms with Crippen molar-refractivity contribution in [3.8, 4) is 5.75 Å². The highest BCUT2D eigenvalue weighted by Crippen LogP contribution is 2.24. The van der Waals surface area contributed by atoms with Crippen LogP contribution in [0.2, 0.25) is 10.0 Å². The molecule has 1 heterocycles. The van der Waals surface area contributed by atoms with Crippen LogP contribution in [0.5, 0.6) is 5.75 Å². The number of amides is 1. The smallest absolute Gasteiger partial charge is 0.257 e. The fourth-order valence-corrected chi connectivity index (χ4v) is 3.68. The van der Waals surface area contributed by atoms with Gasteiger partial charge in [0.2, 0.25) is 0 Å². The molecule has 3 aromatic carbocycles. The van der Waals surface area contributed by atoms with Gasteiger partial charge in [0.15, 0.2) is 5.58 Å². The van der Waals surface area contributed by atoms with E-state index in [0.717, 1.165) is 16.6 Å². The standard InChI is InChI=1S/C23H17Cl2N3O3S/c24-18-9-8-16(11-19(18)25)13-30-17-5-3-4-15(10-17)12-26-28-22(29)14-32-23-27-20-6-1-2-7-21(20)31-23/h1-12H,13-14H2,(H,28,29)/b26-12-. The summed E-state index contributed by atoms with van der Waals surface area (Å²) in [4.78, 5) is 16.4. The van der Waals surface area contributed by atoms with Gasteiger partial charge in [-0.1, -0.05) is 65.3 Å². The van der Waals surface area contributed by atoms with E-state index in [1.165, 1.54) is 11.8 Å². The van der Waals surface area contributed by atoms with Crippen LogP contribution >= 0.6 is 35.0 Å². The van der Waals surface area contributed by atoms with E-state index in [0.29, 0.717) is 33.2 Å². The van der Waals surface area contributed by atoms with Gasteiger partial charge in [-0.3, -0.25) is 4.79 Å². The summed E-state index contributed by atoms with van der Waals surface area (Å²) in [5.74, 6) is 0.537. The Labute approximate surface area is 198 Å². The normalized spacial score (nSPS) is 11.2. The number of carbonyl (C=O) groups is 1. The lowest BCUT2D eigenvalue weighted by molar-refractivity contribution is -0.118. The van der Waals surface area contributed by atoms with Gasteiger partial charge in [0.25, 0.3) is 11.1 Å². The van der Waals surface area contributed by atoms with Crippen molar-refractivity contribution in [1.29, 1.82) is 0 Å². The highest BCUT2D eigenvalue weighted by molar-refractivity contribution is 7.99. The Morgan fingerprint density at radius 3 is 2.81 bits per heavy atom. The quantitative estimate of drug-likeness (QED) is 0.189. The molecule has 1 amide bonds. The van der Waals surface area contributed by atoms with Crippen molar-refractivity contribution in [2.24, 2.45) is 5.10 Å². The molecular formula is C23H17Cl2N3O3S. The summed E-state index contributed by atoms with van der Waals surface area (Å²) in [7, 11) is 0. The molecule has 162 valence electrons. The van der Waals surface area contributed by atoms with Gasteiger partial charge >= 0.3 is 0 Å². The Morgan fingerprint density at radius 2 is 1.97 bits per heavy atom. The second-order valence-corrected chi connectivity index (χ2v) is 8.38. The van der Waals surface area contributed by atoms with Crippen molar-refractivity contribution in [2.45, 2.75) is 11.8 Å². The van der Waals surface area contributed by atoms with Gasteiger partial charge in [-0.15, -0.1) is 0 Å². The van der Waals surface area contributed by atoms with Crippen molar-refractivity contribution in [2.75, 3.05) is 5.75 Å². The minimum Gasteiger partial charge on any atom is -0.489 e. The maximum absolute atomic E-state index is 12.0. The number of oxazole rings is 1. The van der Waals surface area contributed by atoms with E-state index in [9.17, 15) is 4.79 Å². The molecule has 0 aliphatic heterocycles. The molecule has 9 heteroatoms. The first kappa shape index (κ1) is 22.2. The molecule has 0 aliphatic carbocycles. The van der Waals surface area contributed by atoms with Gasteiger partial charge in [-0.25, -0.2) is 10.4 Å². The molecule has 6 nitrogen and oxygen atoms in total. The summed E-state index contributed by atoms with van der Waals surface area (Å²) in [6, 6.07) is 20.2. The van der Waals surface area contributed by atoms with Gasteiger partial charge in [0, 0.05) is 0 Å². The molecular weight excluding hydrogens is 469 g/mol. The Morgan fingerprint density at radius 1 is 1.09 bits per heavy atom. The molecule has 0 saturated carbocycles. The van der Waals surface area contributed by atoms with E-state index in [2.05, 4.69) is 15.5 Å². The van der Waals surface area contributed by atoms with Crippen LogP contribution in [0.15, 0.2) is 81.5 Å². The number of halogens is 2. The number of para-hydroxylation sites is 2. The number of nitrogens with one attached hydrogen (secondary N) is 1. The number of benzene rings is 3. The Bertz CT molecular complexity index is 1240. The molecule has 0 fully saturated rings. The van der Waals surface area contributed by atoms with Gasteiger partial charge < -0.3 is 9.15 Å². The molecule has 1 aromatic heterocycles. The van der Waals surface area contributed by atoms with E-state index in [-0.39, 0.29) is 11.7 Å². The fraction of sp³-hybridized carbons (Fsp3) is 0.0870. The monoisotopic (exact) mass is 485 g/mol. The van der Waals surface area contributed by atoms with E-state index in [1.807, 2.05) is 54.6 Å². The molecule has 0 bridgehead atoms. The Balaban J connectivity index is 1.26. The number of carbonyl (C=O) groups excluding carboxylic acids is 1. The summed E-state index contributed by atoms with van der Waals surface area (Å²) >= 11 is 13.2. The van der Waals surface area contributed by atoms with E-state index in [1.54, 1.807) is 18.3 Å². The van der Waals surface area contributed by atoms with Crippen LogP contribution in [0.3, 0.4) is 0 Å². The number of thioether (sulfide) groups is 1. The number of hydrogen-bond donors (Lipinski definition) is 1. The molecule has 32 heavy (non-hydrogen) atoms. The van der Waals surface area contributed by atoms with Gasteiger partial charge in [0.1, 0.15) is 17.9 Å². The predicted molar refractivity (Wildman–Crippen MR) is 128 cm³/mol. The summed E-state index contributed by atoms with van der Waals surface area (Å²) in [5, 5.41) is 5.43. The highest BCUT2D eigenvalue weighted by atomic mass is 35.5. The van der Waals surface area contributed by atoms with Crippen molar-refractivity contribution >= 4 is 58.2 Å². The maximum Gasteiger partial charge on any atom is 0.257 e. The Hall–Kier alpha value is -3.00. The van der Waals surface area contributed by atoms with Gasteiger partial charge in [-0.05, 0) is 47.5 Å². The second-order valence-electron chi connectivity index (χ2n) is 6.64. The van der Waals surface area contributed by atoms with Crippen LogP contribution in [-0.2, 0) is 11.4 Å². The first-order valence-electron chi connectivity index (χ1n) is 9.54. The van der Waals surface area contributed by atoms with Crippen molar-refractivity contribution in [1.82, 2.24) is 10.4 Å². The molecule has 0 spiro atoms. The zero-order valence-electron chi connectivity index (χ0n) is 16.6. The lowest BCUT2D eigenvalue weighted by Gasteiger charge is -2.08. The lowest BCUT2D eigenvalue weighted by atomic mass is 10.2. The zero-order valence-corrected chi connectivity index (χ0v) is 19.0. The predicted octanol–water partition coefficient (Wildman–Crippen LogP) is 5.96. The number of fused-ring (bicyclic) bond motifs is 1. The topological polar surface area (TPSA) is 76.7 Å². The lowest BCUT2D eigenvalue weighted by Crippen LogP contribution is -2.19. The average molecular weight is 486 g/mol. The maximum atomic E-state index is 12.0. The van der Waals surface area contributed by atoms with Gasteiger partial charge in [-0.2, -0.15) is 5.10 Å². The molecule has 0 atom stereocenters. The second kappa shape index (κ2) is 10.5. The summed E-state index contributed by atoms with van der Waals surface area (Å²) < 4.78 is 11.4. The summed E-state index contributed by atoms with van der Waals surface area (Å²) in [6.45, 7) is 0.348. The number of hydrazone groups is 1. The molecule has 4 rings (SSSR count). The Kier molecular flexibility index (Phi) is 7.32. The molecule has 0 unspecified atom stereocenters. The van der Waals surface area contributed by atoms with E-state index < -0.39 is 0 Å². The van der Waals surface area contributed by atoms with Crippen LogP contribution in [-0.4, -0.2) is 22.9 Å². The third kappa shape index (κ3) is 6.03. The summed E-state index contributed by atoms with van der Waals surface area (Å²) in [5.41, 5.74) is 5.63. The van der Waals surface area contributed by atoms with Crippen LogP contribution in [0.25, 0.3) is 11.1 Å². The van der Waals surface area contributed by atoms with Crippen LogP contribution < -0.4 is 10.2 Å². The highest BCUT2D eigenvalue weighted by Gasteiger charge is 2.08. The number of ether oxygens (including phenoxy) is 1. The van der Waals surface area contributed by atoms with Crippen molar-refractivity contribution in [3.05, 3.63) is 87.9 Å². The summed E-state index contributed by atoms with van der Waals surface area (Å²) in [6.07, 6.45) is 1.55. The number of rotatable bonds is 8. The number of hydrogen-bond acceptors (Lipinski definition) is 6. The van der Waals surface area contributed by atoms with Crippen molar-refractivity contribution in [3.63, 3.8) is 0 Å². The van der Waals surface area contributed by atoms with Crippen LogP contribution in [0, 0.1) is 0 Å². The largest absolute Gasteiger partial charge is 0.489 e. The minimum atomic E-state index is -0.263. The molecule has 4 aromatic rings. The third-order valence-electron chi connectivity index (χ3n) is 4.25. The molecule has 1 N–H and O–H groups in total. The first-order chi connectivity index (χ1) is 15.6. The van der Waals surface area contributed by atoms with Crippen LogP contribution in [0.4, 0.5) is 0 Å². The minimum absolute atomic E-state index is 0.136. The molecule has 0 radical (unpaired) electrons. The fourth-order valence-electron chi connectivity index (χ4n) is 2.73. The van der Waals surface area contributed by atoms with Crippen molar-refractivity contribution < 1.29 is 13.9 Å². The van der Waals surface area contributed by atoms with Crippen LogP contribution in [0.1, 0.15) is 11.1 Å². The average Bonchev–Trinajstić information content (AvgIpc) is 3.22. The molecule has 0 saturated heterocycles. The number of aromatic nitrogens is 1. The first-order valence-corrected chi connectivity index (χ1v) is 11.3. The van der Waals surface area contributed by atoms with E-state index in [4.69, 9.17) is 32.4 Å². The SMILES string of the molecule is O=C(CSc1nc2ccccc2o1)N/N=C\c1cccc(OCc2ccc(Cl)c(Cl)c2)c1. The molecule has 0 aliphatic rings.